The number of nitrogens with zero attached hydrogens (tertiary/aromatic N) is 2. The Morgan fingerprint density at radius 1 is 1.42 bits per heavy atom. The highest BCUT2D eigenvalue weighted by Crippen LogP contribution is 2.38. The molecule has 6 heteroatoms. The van der Waals surface area contributed by atoms with Crippen LogP contribution in [0, 0.1) is 0 Å². The Morgan fingerprint density at radius 2 is 2.26 bits per heavy atom. The number of hydrogen-bond acceptors (Lipinski definition) is 5. The van der Waals surface area contributed by atoms with Crippen molar-refractivity contribution in [2.75, 3.05) is 11.9 Å². The van der Waals surface area contributed by atoms with Crippen molar-refractivity contribution in [3.05, 3.63) is 16.8 Å². The first-order valence-electron chi connectivity index (χ1n) is 6.48. The Labute approximate surface area is 121 Å². The molecule has 4 nitrogen and oxygen atoms in total. The minimum Gasteiger partial charge on any atom is -0.471 e. The van der Waals surface area contributed by atoms with E-state index in [-0.39, 0.29) is 0 Å². The Bertz CT molecular complexity index is 624. The van der Waals surface area contributed by atoms with Gasteiger partial charge in [0.2, 0.25) is 0 Å². The zero-order chi connectivity index (χ0) is 13.2. The highest BCUT2D eigenvalue weighted by Gasteiger charge is 2.20. The minimum absolute atomic E-state index is 0.373. The van der Waals surface area contributed by atoms with Gasteiger partial charge >= 0.3 is 0 Å². The number of nitrogens with one attached hydrogen (secondary N) is 1. The van der Waals surface area contributed by atoms with Gasteiger partial charge in [-0.25, -0.2) is 9.97 Å². The number of aromatic nitrogens is 2. The summed E-state index contributed by atoms with van der Waals surface area (Å²) in [6.45, 7) is 2.47. The van der Waals surface area contributed by atoms with Crippen LogP contribution < -0.4 is 5.32 Å². The summed E-state index contributed by atoms with van der Waals surface area (Å²) in [7, 11) is 0. The van der Waals surface area contributed by atoms with Crippen LogP contribution in [0.1, 0.15) is 30.2 Å². The van der Waals surface area contributed by atoms with Crippen molar-refractivity contribution in [2.45, 2.75) is 32.6 Å². The molecule has 0 saturated heterocycles. The fraction of sp³-hybridized carbons (Fsp3) is 0.462. The van der Waals surface area contributed by atoms with Crippen molar-refractivity contribution in [2.24, 2.45) is 0 Å². The van der Waals surface area contributed by atoms with E-state index < -0.39 is 0 Å². The number of thiocarbonyl (C=S) groups is 1. The van der Waals surface area contributed by atoms with Crippen molar-refractivity contribution >= 4 is 44.8 Å². The zero-order valence-corrected chi connectivity index (χ0v) is 12.4. The second-order valence-electron chi connectivity index (χ2n) is 4.46. The Morgan fingerprint density at radius 3 is 3.11 bits per heavy atom. The molecule has 0 spiro atoms. The summed E-state index contributed by atoms with van der Waals surface area (Å²) >= 11 is 6.92. The van der Waals surface area contributed by atoms with E-state index in [2.05, 4.69) is 15.3 Å². The van der Waals surface area contributed by atoms with Crippen LogP contribution in [0.2, 0.25) is 0 Å². The Kier molecular flexibility index (Phi) is 3.61. The number of rotatable bonds is 2. The molecule has 0 atom stereocenters. The fourth-order valence-corrected chi connectivity index (χ4v) is 3.89. The fourth-order valence-electron chi connectivity index (χ4n) is 2.45. The molecule has 2 aromatic heterocycles. The molecule has 0 radical (unpaired) electrons. The highest BCUT2D eigenvalue weighted by molar-refractivity contribution is 7.80. The molecule has 1 N–H and O–H groups in total. The predicted octanol–water partition coefficient (Wildman–Crippen LogP) is 3.30. The number of anilines is 1. The lowest BCUT2D eigenvalue weighted by molar-refractivity contribution is 0.335. The van der Waals surface area contributed by atoms with Gasteiger partial charge in [0.25, 0.3) is 5.17 Å². The molecular formula is C13H15N3OS2. The number of thiophene rings is 1. The van der Waals surface area contributed by atoms with Crippen LogP contribution in [0.3, 0.4) is 0 Å². The van der Waals surface area contributed by atoms with Crippen molar-refractivity contribution in [1.29, 1.82) is 0 Å². The normalized spacial score (nSPS) is 14.2. The van der Waals surface area contributed by atoms with Crippen molar-refractivity contribution in [3.8, 4) is 0 Å². The average Bonchev–Trinajstić information content (AvgIpc) is 2.78. The van der Waals surface area contributed by atoms with E-state index in [0.29, 0.717) is 11.8 Å². The smallest absolute Gasteiger partial charge is 0.262 e. The summed E-state index contributed by atoms with van der Waals surface area (Å²) < 4.78 is 5.28. The third-order valence-electron chi connectivity index (χ3n) is 3.25. The molecule has 2 heterocycles. The summed E-state index contributed by atoms with van der Waals surface area (Å²) in [5.41, 5.74) is 1.40. The molecule has 0 unspecified atom stereocenters. The summed E-state index contributed by atoms with van der Waals surface area (Å²) in [6, 6.07) is 0. The van der Waals surface area contributed by atoms with Gasteiger partial charge in [-0.2, -0.15) is 0 Å². The molecule has 19 heavy (non-hydrogen) atoms. The lowest BCUT2D eigenvalue weighted by Gasteiger charge is -2.12. The summed E-state index contributed by atoms with van der Waals surface area (Å²) in [6.07, 6.45) is 6.36. The predicted molar refractivity (Wildman–Crippen MR) is 81.9 cm³/mol. The molecule has 0 bridgehead atoms. The van der Waals surface area contributed by atoms with E-state index in [9.17, 15) is 0 Å². The Hall–Kier alpha value is -1.27. The van der Waals surface area contributed by atoms with E-state index in [1.807, 2.05) is 6.92 Å². The average molecular weight is 293 g/mol. The molecule has 0 aromatic carbocycles. The van der Waals surface area contributed by atoms with Gasteiger partial charge < -0.3 is 10.1 Å². The van der Waals surface area contributed by atoms with Crippen LogP contribution >= 0.6 is 23.6 Å². The van der Waals surface area contributed by atoms with Crippen LogP contribution in [0.4, 0.5) is 5.82 Å². The molecule has 1 aliphatic rings. The minimum atomic E-state index is 0.373. The number of fused-ring (bicyclic) bond motifs is 3. The van der Waals surface area contributed by atoms with Crippen molar-refractivity contribution in [3.63, 3.8) is 0 Å². The van der Waals surface area contributed by atoms with E-state index in [4.69, 9.17) is 17.0 Å². The molecule has 0 aliphatic heterocycles. The lowest BCUT2D eigenvalue weighted by Crippen LogP contribution is -2.14. The van der Waals surface area contributed by atoms with Crippen molar-refractivity contribution in [1.82, 2.24) is 9.97 Å². The lowest BCUT2D eigenvalue weighted by atomic mass is 9.97. The third-order valence-corrected chi connectivity index (χ3v) is 4.67. The topological polar surface area (TPSA) is 47.0 Å². The number of hydrogen-bond donors (Lipinski definition) is 1. The van der Waals surface area contributed by atoms with Crippen LogP contribution in [-0.2, 0) is 17.6 Å². The highest BCUT2D eigenvalue weighted by atomic mass is 32.1. The first kappa shape index (κ1) is 12.7. The van der Waals surface area contributed by atoms with Gasteiger partial charge in [-0.15, -0.1) is 11.3 Å². The molecule has 0 saturated carbocycles. The Balaban J connectivity index is 2.04. The van der Waals surface area contributed by atoms with Gasteiger partial charge in [0, 0.05) is 4.88 Å². The molecule has 0 amide bonds. The van der Waals surface area contributed by atoms with Gasteiger partial charge in [-0.3, -0.25) is 0 Å². The van der Waals surface area contributed by atoms with Gasteiger partial charge in [-0.05, 0) is 50.4 Å². The summed E-state index contributed by atoms with van der Waals surface area (Å²) in [5.74, 6) is 0.780. The number of ether oxygens (including phenoxy) is 1. The standard InChI is InChI=1S/C13H15N3OS2/c1-2-17-13(18)16-11-10-8-5-3-4-6-9(8)19-12(10)15-7-14-11/h7H,2-6H2,1H3,(H,14,15,16,18). The molecule has 1 aliphatic carbocycles. The quantitative estimate of drug-likeness (QED) is 0.861. The third kappa shape index (κ3) is 2.42. The number of aryl methyl sites for hydroxylation is 2. The summed E-state index contributed by atoms with van der Waals surface area (Å²) in [4.78, 5) is 11.2. The van der Waals surface area contributed by atoms with Crippen molar-refractivity contribution < 1.29 is 4.74 Å². The van der Waals surface area contributed by atoms with E-state index in [0.717, 1.165) is 28.9 Å². The van der Waals surface area contributed by atoms with Gasteiger partial charge in [0.15, 0.2) is 0 Å². The molecular weight excluding hydrogens is 278 g/mol. The molecule has 2 aromatic rings. The van der Waals surface area contributed by atoms with E-state index >= 15 is 0 Å². The maximum Gasteiger partial charge on any atom is 0.262 e. The maximum atomic E-state index is 5.28. The summed E-state index contributed by atoms with van der Waals surface area (Å²) in [5, 5.41) is 4.59. The SMILES string of the molecule is CCOC(=S)Nc1ncnc2sc3c(c12)CCCC3. The largest absolute Gasteiger partial charge is 0.471 e. The van der Waals surface area contributed by atoms with E-state index in [1.165, 1.54) is 23.3 Å². The maximum absolute atomic E-state index is 5.28. The zero-order valence-electron chi connectivity index (χ0n) is 10.7. The molecule has 3 rings (SSSR count). The van der Waals surface area contributed by atoms with Gasteiger partial charge in [-0.1, -0.05) is 0 Å². The first-order chi connectivity index (χ1) is 9.29. The van der Waals surface area contributed by atoms with Crippen LogP contribution in [-0.4, -0.2) is 21.7 Å². The molecule has 100 valence electrons. The first-order valence-corrected chi connectivity index (χ1v) is 7.71. The second-order valence-corrected chi connectivity index (χ2v) is 5.91. The van der Waals surface area contributed by atoms with Gasteiger partial charge in [0.1, 0.15) is 17.0 Å². The second kappa shape index (κ2) is 5.38. The van der Waals surface area contributed by atoms with E-state index in [1.54, 1.807) is 17.7 Å². The van der Waals surface area contributed by atoms with Crippen LogP contribution in [0.5, 0.6) is 0 Å². The monoisotopic (exact) mass is 293 g/mol. The van der Waals surface area contributed by atoms with Gasteiger partial charge in [0.05, 0.1) is 12.0 Å². The van der Waals surface area contributed by atoms with Crippen LogP contribution in [0.25, 0.3) is 10.2 Å². The molecule has 0 fully saturated rings. The van der Waals surface area contributed by atoms with Crippen LogP contribution in [0.15, 0.2) is 6.33 Å².